The highest BCUT2D eigenvalue weighted by molar-refractivity contribution is 5.94. The predicted molar refractivity (Wildman–Crippen MR) is 80.2 cm³/mol. The minimum absolute atomic E-state index is 0.0283. The van der Waals surface area contributed by atoms with Crippen LogP contribution in [0.5, 0.6) is 0 Å². The lowest BCUT2D eigenvalue weighted by Gasteiger charge is -2.33. The third-order valence-electron chi connectivity index (χ3n) is 4.36. The van der Waals surface area contributed by atoms with Crippen molar-refractivity contribution in [3.63, 3.8) is 0 Å². The molecule has 0 radical (unpaired) electrons. The zero-order chi connectivity index (χ0) is 14.4. The Balaban J connectivity index is 1.75. The average Bonchev–Trinajstić information content (AvgIpc) is 3.15. The smallest absolute Gasteiger partial charge is 0.257 e. The van der Waals surface area contributed by atoms with Crippen LogP contribution >= 0.6 is 0 Å². The number of hydrogen-bond donors (Lipinski definition) is 1. The van der Waals surface area contributed by atoms with Crippen molar-refractivity contribution in [1.29, 1.82) is 0 Å². The molecular weight excluding hydrogens is 264 g/mol. The van der Waals surface area contributed by atoms with Crippen LogP contribution in [0, 0.1) is 0 Å². The predicted octanol–water partition coefficient (Wildman–Crippen LogP) is 3.52. The van der Waals surface area contributed by atoms with Crippen LogP contribution in [0.1, 0.15) is 34.6 Å². The third-order valence-corrected chi connectivity index (χ3v) is 4.36. The Morgan fingerprint density at radius 2 is 2.19 bits per heavy atom. The lowest BCUT2D eigenvalue weighted by molar-refractivity contribution is 0.0674. The molecule has 4 nitrogen and oxygen atoms in total. The number of carbonyl (C=O) groups excluding carboxylic acids is 1. The van der Waals surface area contributed by atoms with Crippen LogP contribution in [-0.4, -0.2) is 22.3 Å². The number of aromatic nitrogens is 1. The van der Waals surface area contributed by atoms with Gasteiger partial charge in [0.2, 0.25) is 0 Å². The topological polar surface area (TPSA) is 49.2 Å². The molecule has 1 amide bonds. The Morgan fingerprint density at radius 3 is 3.00 bits per heavy atom. The van der Waals surface area contributed by atoms with E-state index in [9.17, 15) is 4.79 Å². The van der Waals surface area contributed by atoms with E-state index in [1.807, 2.05) is 11.0 Å². The molecule has 1 aliphatic heterocycles. The van der Waals surface area contributed by atoms with Crippen LogP contribution in [0.4, 0.5) is 0 Å². The van der Waals surface area contributed by atoms with E-state index < -0.39 is 0 Å². The third kappa shape index (κ3) is 1.79. The highest BCUT2D eigenvalue weighted by atomic mass is 16.3. The van der Waals surface area contributed by atoms with Gasteiger partial charge in [-0.3, -0.25) is 4.79 Å². The number of para-hydroxylation sites is 1. The van der Waals surface area contributed by atoms with Gasteiger partial charge in [0, 0.05) is 23.1 Å². The zero-order valence-corrected chi connectivity index (χ0v) is 11.8. The van der Waals surface area contributed by atoms with Crippen LogP contribution in [0.15, 0.2) is 47.3 Å². The fraction of sp³-hybridized carbons (Fsp3) is 0.235. The minimum atomic E-state index is 0.0283. The van der Waals surface area contributed by atoms with Gasteiger partial charge in [-0.05, 0) is 31.0 Å². The Labute approximate surface area is 122 Å². The van der Waals surface area contributed by atoms with Gasteiger partial charge in [-0.15, -0.1) is 0 Å². The van der Waals surface area contributed by atoms with Gasteiger partial charge in [0.25, 0.3) is 5.91 Å². The molecule has 4 heteroatoms. The number of hydrogen-bond acceptors (Lipinski definition) is 2. The monoisotopic (exact) mass is 280 g/mol. The summed E-state index contributed by atoms with van der Waals surface area (Å²) in [4.78, 5) is 17.9. The summed E-state index contributed by atoms with van der Waals surface area (Å²) in [5.41, 5.74) is 4.25. The summed E-state index contributed by atoms with van der Waals surface area (Å²) < 4.78 is 5.02. The Kier molecular flexibility index (Phi) is 2.64. The first-order valence-electron chi connectivity index (χ1n) is 7.18. The lowest BCUT2D eigenvalue weighted by atomic mass is 9.98. The molecule has 1 aliphatic rings. The van der Waals surface area contributed by atoms with E-state index in [1.54, 1.807) is 6.07 Å². The SMILES string of the molecule is CC1c2[nH]c3ccccc3c2CCN1C(=O)c1ccoc1. The standard InChI is InChI=1S/C17H16N2O2/c1-11-16-14(13-4-2-3-5-15(13)18-16)6-8-19(11)17(20)12-7-9-21-10-12/h2-5,7,9-11,18H,6,8H2,1H3. The highest BCUT2D eigenvalue weighted by Crippen LogP contribution is 2.34. The molecule has 3 heterocycles. The van der Waals surface area contributed by atoms with Crippen molar-refractivity contribution in [1.82, 2.24) is 9.88 Å². The zero-order valence-electron chi connectivity index (χ0n) is 11.8. The maximum atomic E-state index is 12.5. The second-order valence-electron chi connectivity index (χ2n) is 5.50. The minimum Gasteiger partial charge on any atom is -0.472 e. The first-order chi connectivity index (χ1) is 10.3. The Hall–Kier alpha value is -2.49. The van der Waals surface area contributed by atoms with Crippen molar-refractivity contribution in [3.8, 4) is 0 Å². The molecule has 1 aromatic carbocycles. The van der Waals surface area contributed by atoms with Crippen LogP contribution < -0.4 is 0 Å². The summed E-state index contributed by atoms with van der Waals surface area (Å²) in [5.74, 6) is 0.0283. The molecule has 4 rings (SSSR count). The van der Waals surface area contributed by atoms with Gasteiger partial charge in [0.05, 0.1) is 17.9 Å². The van der Waals surface area contributed by atoms with Crippen LogP contribution in [0.2, 0.25) is 0 Å². The van der Waals surface area contributed by atoms with Crippen LogP contribution in [-0.2, 0) is 6.42 Å². The normalized spacial score (nSPS) is 18.0. The van der Waals surface area contributed by atoms with Gasteiger partial charge < -0.3 is 14.3 Å². The quantitative estimate of drug-likeness (QED) is 0.741. The summed E-state index contributed by atoms with van der Waals surface area (Å²) >= 11 is 0. The van der Waals surface area contributed by atoms with Gasteiger partial charge in [0.1, 0.15) is 6.26 Å². The van der Waals surface area contributed by atoms with E-state index in [0.29, 0.717) is 5.56 Å². The van der Waals surface area contributed by atoms with E-state index in [1.165, 1.54) is 23.5 Å². The lowest BCUT2D eigenvalue weighted by Crippen LogP contribution is -2.38. The second kappa shape index (κ2) is 4.52. The largest absolute Gasteiger partial charge is 0.472 e. The van der Waals surface area contributed by atoms with Gasteiger partial charge in [-0.2, -0.15) is 0 Å². The molecule has 0 spiro atoms. The second-order valence-corrected chi connectivity index (χ2v) is 5.50. The summed E-state index contributed by atoms with van der Waals surface area (Å²) in [6, 6.07) is 10.1. The number of amides is 1. The molecule has 1 unspecified atom stereocenters. The molecule has 1 N–H and O–H groups in total. The Morgan fingerprint density at radius 1 is 1.33 bits per heavy atom. The van der Waals surface area contributed by atoms with Gasteiger partial charge >= 0.3 is 0 Å². The highest BCUT2D eigenvalue weighted by Gasteiger charge is 2.31. The van der Waals surface area contributed by atoms with E-state index in [4.69, 9.17) is 4.42 Å². The molecular formula is C17H16N2O2. The number of rotatable bonds is 1. The molecule has 0 bridgehead atoms. The van der Waals surface area contributed by atoms with Crippen molar-refractivity contribution in [2.75, 3.05) is 6.54 Å². The summed E-state index contributed by atoms with van der Waals surface area (Å²) in [7, 11) is 0. The van der Waals surface area contributed by atoms with Crippen molar-refractivity contribution < 1.29 is 9.21 Å². The molecule has 1 atom stereocenters. The summed E-state index contributed by atoms with van der Waals surface area (Å²) in [5, 5.41) is 1.27. The van der Waals surface area contributed by atoms with Gasteiger partial charge in [-0.25, -0.2) is 0 Å². The molecule has 106 valence electrons. The van der Waals surface area contributed by atoms with Crippen LogP contribution in [0.3, 0.4) is 0 Å². The molecule has 0 aliphatic carbocycles. The molecule has 3 aromatic rings. The number of furan rings is 1. The molecule has 0 saturated heterocycles. The first-order valence-corrected chi connectivity index (χ1v) is 7.18. The Bertz CT molecular complexity index is 801. The van der Waals surface area contributed by atoms with Crippen molar-refractivity contribution in [2.24, 2.45) is 0 Å². The number of nitrogens with one attached hydrogen (secondary N) is 1. The molecule has 0 fully saturated rings. The number of fused-ring (bicyclic) bond motifs is 3. The number of benzene rings is 1. The van der Waals surface area contributed by atoms with E-state index in [2.05, 4.69) is 30.1 Å². The summed E-state index contributed by atoms with van der Waals surface area (Å²) in [6.07, 6.45) is 3.93. The van der Waals surface area contributed by atoms with Gasteiger partial charge in [0.15, 0.2) is 0 Å². The number of nitrogens with zero attached hydrogens (tertiary/aromatic N) is 1. The van der Waals surface area contributed by atoms with Crippen molar-refractivity contribution in [2.45, 2.75) is 19.4 Å². The number of aromatic amines is 1. The molecule has 21 heavy (non-hydrogen) atoms. The number of H-pyrrole nitrogens is 1. The average molecular weight is 280 g/mol. The summed E-state index contributed by atoms with van der Waals surface area (Å²) in [6.45, 7) is 2.81. The fourth-order valence-electron chi connectivity index (χ4n) is 3.26. The molecule has 2 aromatic heterocycles. The maximum Gasteiger partial charge on any atom is 0.257 e. The van der Waals surface area contributed by atoms with Crippen LogP contribution in [0.25, 0.3) is 10.9 Å². The fourth-order valence-corrected chi connectivity index (χ4v) is 3.26. The van der Waals surface area contributed by atoms with Crippen molar-refractivity contribution >= 4 is 16.8 Å². The van der Waals surface area contributed by atoms with E-state index in [0.717, 1.165) is 24.2 Å². The number of carbonyl (C=O) groups is 1. The molecule has 0 saturated carbocycles. The first kappa shape index (κ1) is 12.3. The van der Waals surface area contributed by atoms with Gasteiger partial charge in [-0.1, -0.05) is 18.2 Å². The van der Waals surface area contributed by atoms with E-state index >= 15 is 0 Å². The maximum absolute atomic E-state index is 12.5. The van der Waals surface area contributed by atoms with E-state index in [-0.39, 0.29) is 11.9 Å². The van der Waals surface area contributed by atoms with Crippen molar-refractivity contribution in [3.05, 3.63) is 59.7 Å².